The van der Waals surface area contributed by atoms with Gasteiger partial charge in [-0.25, -0.2) is 0 Å². The zero-order chi connectivity index (χ0) is 17.8. The van der Waals surface area contributed by atoms with Crippen molar-refractivity contribution in [2.75, 3.05) is 32.8 Å². The summed E-state index contributed by atoms with van der Waals surface area (Å²) < 4.78 is 10.4. The fourth-order valence-electron chi connectivity index (χ4n) is 2.56. The Hall–Kier alpha value is -2.54. The van der Waals surface area contributed by atoms with E-state index in [4.69, 9.17) is 20.9 Å². The maximum absolute atomic E-state index is 12.3. The highest BCUT2D eigenvalue weighted by Gasteiger charge is 2.26. The first kappa shape index (κ1) is 17.3. The maximum Gasteiger partial charge on any atom is 0.276 e. The van der Waals surface area contributed by atoms with Crippen LogP contribution in [0.3, 0.4) is 0 Å². The minimum absolute atomic E-state index is 0.0436. The molecule has 1 aliphatic heterocycles. The Morgan fingerprint density at radius 2 is 1.80 bits per heavy atom. The van der Waals surface area contributed by atoms with Crippen LogP contribution in [0.25, 0.3) is 0 Å². The van der Waals surface area contributed by atoms with Gasteiger partial charge < -0.3 is 19.1 Å². The number of hydrogen-bond donors (Lipinski definition) is 0. The van der Waals surface area contributed by atoms with Gasteiger partial charge >= 0.3 is 0 Å². The standard InChI is InChI=1S/C17H18ClN3O4/c1-12-10-15(19-25-12)17(23)21-8-6-20(7-9-21)16(22)11-24-14-4-2-13(18)3-5-14/h2-5,10H,6-9,11H2,1H3. The van der Waals surface area contributed by atoms with Gasteiger partial charge in [-0.15, -0.1) is 0 Å². The summed E-state index contributed by atoms with van der Waals surface area (Å²) in [6.07, 6.45) is 0. The highest BCUT2D eigenvalue weighted by Crippen LogP contribution is 2.16. The Kier molecular flexibility index (Phi) is 5.23. The predicted octanol–water partition coefficient (Wildman–Crippen LogP) is 2.00. The second-order valence-corrected chi connectivity index (χ2v) is 6.17. The van der Waals surface area contributed by atoms with Crippen LogP contribution in [0.2, 0.25) is 5.02 Å². The molecule has 0 spiro atoms. The summed E-state index contributed by atoms with van der Waals surface area (Å²) in [5.41, 5.74) is 0.295. The molecule has 0 unspecified atom stereocenters. The molecular weight excluding hydrogens is 346 g/mol. The first-order valence-corrected chi connectivity index (χ1v) is 8.29. The van der Waals surface area contributed by atoms with Crippen LogP contribution in [0.5, 0.6) is 5.75 Å². The van der Waals surface area contributed by atoms with E-state index in [2.05, 4.69) is 5.16 Å². The molecule has 25 heavy (non-hydrogen) atoms. The van der Waals surface area contributed by atoms with E-state index in [9.17, 15) is 9.59 Å². The fraction of sp³-hybridized carbons (Fsp3) is 0.353. The monoisotopic (exact) mass is 363 g/mol. The van der Waals surface area contributed by atoms with E-state index in [1.54, 1.807) is 47.1 Å². The van der Waals surface area contributed by atoms with E-state index >= 15 is 0 Å². The van der Waals surface area contributed by atoms with Gasteiger partial charge in [-0.2, -0.15) is 0 Å². The number of nitrogens with zero attached hydrogens (tertiary/aromatic N) is 3. The molecule has 132 valence electrons. The summed E-state index contributed by atoms with van der Waals surface area (Å²) in [5, 5.41) is 4.35. The van der Waals surface area contributed by atoms with Crippen LogP contribution in [0.4, 0.5) is 0 Å². The number of rotatable bonds is 4. The summed E-state index contributed by atoms with van der Waals surface area (Å²) in [6, 6.07) is 8.45. The Morgan fingerprint density at radius 3 is 2.40 bits per heavy atom. The molecular formula is C17H18ClN3O4. The average Bonchev–Trinajstić information content (AvgIpc) is 3.07. The van der Waals surface area contributed by atoms with E-state index in [0.29, 0.717) is 48.4 Å². The SMILES string of the molecule is Cc1cc(C(=O)N2CCN(C(=O)COc3ccc(Cl)cc3)CC2)no1. The zero-order valence-electron chi connectivity index (χ0n) is 13.8. The summed E-state index contributed by atoms with van der Waals surface area (Å²) >= 11 is 5.81. The average molecular weight is 364 g/mol. The molecule has 0 radical (unpaired) electrons. The van der Waals surface area contributed by atoms with Crippen LogP contribution in [0.15, 0.2) is 34.9 Å². The van der Waals surface area contributed by atoms with Gasteiger partial charge in [-0.1, -0.05) is 16.8 Å². The van der Waals surface area contributed by atoms with E-state index in [0.717, 1.165) is 0 Å². The number of ether oxygens (including phenoxy) is 1. The largest absolute Gasteiger partial charge is 0.484 e. The maximum atomic E-state index is 12.3. The first-order chi connectivity index (χ1) is 12.0. The molecule has 1 aliphatic rings. The Bertz CT molecular complexity index is 752. The summed E-state index contributed by atoms with van der Waals surface area (Å²) in [6.45, 7) is 3.53. The number of benzene rings is 1. The van der Waals surface area contributed by atoms with Gasteiger partial charge in [0, 0.05) is 37.3 Å². The van der Waals surface area contributed by atoms with Gasteiger partial charge in [0.05, 0.1) is 0 Å². The molecule has 0 aliphatic carbocycles. The van der Waals surface area contributed by atoms with Crippen LogP contribution >= 0.6 is 11.6 Å². The summed E-state index contributed by atoms with van der Waals surface area (Å²) in [5.74, 6) is 0.894. The molecule has 2 aromatic rings. The van der Waals surface area contributed by atoms with Crippen LogP contribution in [0.1, 0.15) is 16.2 Å². The number of piperazine rings is 1. The van der Waals surface area contributed by atoms with Gasteiger partial charge in [0.15, 0.2) is 12.3 Å². The fourth-order valence-corrected chi connectivity index (χ4v) is 2.68. The van der Waals surface area contributed by atoms with Gasteiger partial charge in [0.1, 0.15) is 11.5 Å². The van der Waals surface area contributed by atoms with Crippen molar-refractivity contribution in [2.24, 2.45) is 0 Å². The molecule has 8 heteroatoms. The number of hydrogen-bond acceptors (Lipinski definition) is 5. The lowest BCUT2D eigenvalue weighted by Crippen LogP contribution is -2.51. The number of carbonyl (C=O) groups is 2. The lowest BCUT2D eigenvalue weighted by atomic mass is 10.2. The minimum atomic E-state index is -0.179. The predicted molar refractivity (Wildman–Crippen MR) is 90.7 cm³/mol. The molecule has 2 heterocycles. The lowest BCUT2D eigenvalue weighted by molar-refractivity contribution is -0.134. The lowest BCUT2D eigenvalue weighted by Gasteiger charge is -2.34. The van der Waals surface area contributed by atoms with Crippen molar-refractivity contribution < 1.29 is 18.8 Å². The van der Waals surface area contributed by atoms with E-state index in [1.807, 2.05) is 0 Å². The third-order valence-corrected chi connectivity index (χ3v) is 4.19. The van der Waals surface area contributed by atoms with Crippen molar-refractivity contribution >= 4 is 23.4 Å². The Morgan fingerprint density at radius 1 is 1.16 bits per heavy atom. The minimum Gasteiger partial charge on any atom is -0.484 e. The highest BCUT2D eigenvalue weighted by atomic mass is 35.5. The molecule has 0 saturated carbocycles. The molecule has 3 rings (SSSR count). The second-order valence-electron chi connectivity index (χ2n) is 5.74. The van der Waals surface area contributed by atoms with Crippen molar-refractivity contribution in [3.8, 4) is 5.75 Å². The van der Waals surface area contributed by atoms with E-state index in [-0.39, 0.29) is 18.4 Å². The molecule has 1 aromatic carbocycles. The third-order valence-electron chi connectivity index (χ3n) is 3.94. The molecule has 7 nitrogen and oxygen atoms in total. The summed E-state index contributed by atoms with van der Waals surface area (Å²) in [4.78, 5) is 27.9. The summed E-state index contributed by atoms with van der Waals surface area (Å²) in [7, 11) is 0. The molecule has 1 saturated heterocycles. The topological polar surface area (TPSA) is 75.9 Å². The highest BCUT2D eigenvalue weighted by molar-refractivity contribution is 6.30. The van der Waals surface area contributed by atoms with Crippen molar-refractivity contribution in [3.05, 3.63) is 46.8 Å². The molecule has 1 fully saturated rings. The third kappa shape index (κ3) is 4.30. The van der Waals surface area contributed by atoms with Crippen LogP contribution in [-0.4, -0.2) is 59.6 Å². The Balaban J connectivity index is 1.47. The van der Waals surface area contributed by atoms with Crippen molar-refractivity contribution in [2.45, 2.75) is 6.92 Å². The normalized spacial score (nSPS) is 14.5. The number of halogens is 1. The number of aryl methyl sites for hydroxylation is 1. The smallest absolute Gasteiger partial charge is 0.276 e. The van der Waals surface area contributed by atoms with E-state index in [1.165, 1.54) is 0 Å². The van der Waals surface area contributed by atoms with Crippen molar-refractivity contribution in [1.82, 2.24) is 15.0 Å². The van der Waals surface area contributed by atoms with Gasteiger partial charge in [-0.05, 0) is 31.2 Å². The molecule has 0 bridgehead atoms. The quantitative estimate of drug-likeness (QED) is 0.830. The molecule has 2 amide bonds. The molecule has 0 atom stereocenters. The number of aromatic nitrogens is 1. The number of amides is 2. The number of carbonyl (C=O) groups excluding carboxylic acids is 2. The van der Waals surface area contributed by atoms with Crippen LogP contribution < -0.4 is 4.74 Å². The molecule has 0 N–H and O–H groups in total. The molecule has 1 aromatic heterocycles. The van der Waals surface area contributed by atoms with Gasteiger partial charge in [0.25, 0.3) is 11.8 Å². The van der Waals surface area contributed by atoms with Gasteiger partial charge in [-0.3, -0.25) is 9.59 Å². The van der Waals surface area contributed by atoms with Crippen LogP contribution in [-0.2, 0) is 4.79 Å². The van der Waals surface area contributed by atoms with Crippen molar-refractivity contribution in [1.29, 1.82) is 0 Å². The zero-order valence-corrected chi connectivity index (χ0v) is 14.5. The van der Waals surface area contributed by atoms with E-state index < -0.39 is 0 Å². The second kappa shape index (κ2) is 7.57. The Labute approximate surface area is 150 Å². The van der Waals surface area contributed by atoms with Gasteiger partial charge in [0.2, 0.25) is 0 Å². The first-order valence-electron chi connectivity index (χ1n) is 7.91. The van der Waals surface area contributed by atoms with Crippen LogP contribution in [0, 0.1) is 6.92 Å². The van der Waals surface area contributed by atoms with Crippen molar-refractivity contribution in [3.63, 3.8) is 0 Å².